The molecule has 0 aliphatic rings. The first kappa shape index (κ1) is 32.8. The first-order valence-corrected chi connectivity index (χ1v) is 13.8. The van der Waals surface area contributed by atoms with Gasteiger partial charge >= 0.3 is 0 Å². The van der Waals surface area contributed by atoms with Crippen LogP contribution in [0.15, 0.2) is 103 Å². The van der Waals surface area contributed by atoms with Crippen molar-refractivity contribution in [2.75, 3.05) is 19.6 Å². The zero-order chi connectivity index (χ0) is 28.2. The van der Waals surface area contributed by atoms with Crippen molar-refractivity contribution in [3.63, 3.8) is 0 Å². The number of aryl methyl sites for hydroxylation is 2. The van der Waals surface area contributed by atoms with E-state index in [1.807, 2.05) is 66.7 Å². The summed E-state index contributed by atoms with van der Waals surface area (Å²) < 4.78 is 0. The molecular formula is C36H41N2NiO-. The average molecular weight is 576 g/mol. The van der Waals surface area contributed by atoms with Crippen LogP contribution < -0.4 is 5.11 Å². The predicted molar refractivity (Wildman–Crippen MR) is 167 cm³/mol. The Balaban J connectivity index is 0.000000623. The molecule has 0 bridgehead atoms. The topological polar surface area (TPSA) is 38.7 Å². The molecule has 0 saturated carbocycles. The van der Waals surface area contributed by atoms with Crippen LogP contribution in [-0.4, -0.2) is 30.7 Å². The molecule has 0 aliphatic heterocycles. The second-order valence-electron chi connectivity index (χ2n) is 9.62. The monoisotopic (exact) mass is 575 g/mol. The summed E-state index contributed by atoms with van der Waals surface area (Å²) in [4.78, 5) is 7.13. The molecule has 4 aromatic carbocycles. The van der Waals surface area contributed by atoms with Crippen molar-refractivity contribution < 1.29 is 21.6 Å². The molecule has 4 heteroatoms. The zero-order valence-corrected chi connectivity index (χ0v) is 25.4. The number of hydrogen-bond acceptors (Lipinski definition) is 3. The van der Waals surface area contributed by atoms with Gasteiger partial charge in [-0.3, -0.25) is 4.99 Å². The summed E-state index contributed by atoms with van der Waals surface area (Å²) in [6.45, 7) is 18.1. The molecule has 4 rings (SSSR count). The van der Waals surface area contributed by atoms with E-state index in [0.29, 0.717) is 11.1 Å². The number of rotatable bonds is 9. The first-order chi connectivity index (χ1) is 18.9. The van der Waals surface area contributed by atoms with Crippen molar-refractivity contribution in [3.05, 3.63) is 120 Å². The summed E-state index contributed by atoms with van der Waals surface area (Å²) in [5.41, 5.74) is 8.55. The van der Waals surface area contributed by atoms with Crippen LogP contribution in [0.1, 0.15) is 43.0 Å². The van der Waals surface area contributed by atoms with Gasteiger partial charge in [0.2, 0.25) is 0 Å². The van der Waals surface area contributed by atoms with Crippen molar-refractivity contribution >= 4 is 11.9 Å². The molecule has 0 unspecified atom stereocenters. The minimum atomic E-state index is -0.0155. The van der Waals surface area contributed by atoms with Crippen molar-refractivity contribution in [2.45, 2.75) is 41.0 Å². The van der Waals surface area contributed by atoms with E-state index in [4.69, 9.17) is 4.99 Å². The van der Waals surface area contributed by atoms with Crippen molar-refractivity contribution in [3.8, 4) is 28.0 Å². The second kappa shape index (κ2) is 16.6. The summed E-state index contributed by atoms with van der Waals surface area (Å²) in [7, 11) is 0. The summed E-state index contributed by atoms with van der Waals surface area (Å²) in [6, 6.07) is 28.1. The van der Waals surface area contributed by atoms with Crippen molar-refractivity contribution in [1.82, 2.24) is 4.90 Å². The molecule has 0 radical (unpaired) electrons. The fourth-order valence-electron chi connectivity index (χ4n) is 4.72. The van der Waals surface area contributed by atoms with Gasteiger partial charge in [0.25, 0.3) is 0 Å². The smallest absolute Gasteiger partial charge is 0.0688 e. The normalized spacial score (nSPS) is 10.7. The standard InChI is InChI=1S/C30H27NO.C6H15N.Ni/c1-4-11-23-16-21(2)29(22(3)17-23)31-20-27-18-26(24-12-7-5-8-13-24)19-28(30(27)32)25-14-9-6-10-15-25;1-4-7(5-2)6-3;/h4-10,12-20,32H,1,11H2,2-3H3;4-6H2,1-3H3;/p-1. The van der Waals surface area contributed by atoms with Crippen LogP contribution in [0.3, 0.4) is 0 Å². The third kappa shape index (κ3) is 8.78. The average Bonchev–Trinajstić information content (AvgIpc) is 2.96. The molecule has 0 aromatic heterocycles. The van der Waals surface area contributed by atoms with E-state index in [9.17, 15) is 5.11 Å². The first-order valence-electron chi connectivity index (χ1n) is 13.8. The van der Waals surface area contributed by atoms with Crippen molar-refractivity contribution in [2.24, 2.45) is 4.99 Å². The Morgan fingerprint density at radius 3 is 1.75 bits per heavy atom. The van der Waals surface area contributed by atoms with Crippen LogP contribution in [0.25, 0.3) is 22.3 Å². The number of allylic oxidation sites excluding steroid dienone is 1. The number of hydrogen-bond donors (Lipinski definition) is 0. The second-order valence-corrected chi connectivity index (χ2v) is 9.62. The molecule has 0 aliphatic carbocycles. The summed E-state index contributed by atoms with van der Waals surface area (Å²) in [5, 5.41) is 13.4. The molecule has 0 saturated heterocycles. The molecule has 4 aromatic rings. The minimum absolute atomic E-state index is 0. The van der Waals surface area contributed by atoms with Crippen LogP contribution in [0.5, 0.6) is 5.75 Å². The molecule has 212 valence electrons. The Labute approximate surface area is 251 Å². The van der Waals surface area contributed by atoms with Gasteiger partial charge < -0.3 is 10.0 Å². The predicted octanol–water partition coefficient (Wildman–Crippen LogP) is 8.54. The third-order valence-corrected chi connectivity index (χ3v) is 6.91. The van der Waals surface area contributed by atoms with Gasteiger partial charge in [0.05, 0.1) is 5.69 Å². The van der Waals surface area contributed by atoms with E-state index in [2.05, 4.69) is 70.4 Å². The Hall–Kier alpha value is -3.46. The van der Waals surface area contributed by atoms with Gasteiger partial charge in [0.1, 0.15) is 0 Å². The number of benzene rings is 4. The van der Waals surface area contributed by atoms with Gasteiger partial charge in [0.15, 0.2) is 0 Å². The Bertz CT molecular complexity index is 1350. The number of aliphatic imine (C=N–C) groups is 1. The molecule has 0 spiro atoms. The minimum Gasteiger partial charge on any atom is -0.872 e. The molecule has 0 atom stereocenters. The third-order valence-electron chi connectivity index (χ3n) is 6.91. The maximum absolute atomic E-state index is 13.4. The van der Waals surface area contributed by atoms with E-state index in [1.165, 1.54) is 25.2 Å². The maximum atomic E-state index is 13.4. The molecule has 3 nitrogen and oxygen atoms in total. The quantitative estimate of drug-likeness (QED) is 0.114. The summed E-state index contributed by atoms with van der Waals surface area (Å²) in [6.07, 6.45) is 4.45. The Morgan fingerprint density at radius 1 is 0.750 bits per heavy atom. The van der Waals surface area contributed by atoms with Crippen LogP contribution >= 0.6 is 0 Å². The molecule has 0 amide bonds. The van der Waals surface area contributed by atoms with Crippen LogP contribution in [-0.2, 0) is 22.9 Å². The Kier molecular flexibility index (Phi) is 13.6. The van der Waals surface area contributed by atoms with Gasteiger partial charge in [-0.25, -0.2) is 0 Å². The molecular weight excluding hydrogens is 535 g/mol. The molecule has 0 N–H and O–H groups in total. The van der Waals surface area contributed by atoms with Crippen LogP contribution in [0.4, 0.5) is 5.69 Å². The molecule has 0 heterocycles. The van der Waals surface area contributed by atoms with E-state index in [-0.39, 0.29) is 22.2 Å². The van der Waals surface area contributed by atoms with Crippen LogP contribution in [0, 0.1) is 13.8 Å². The van der Waals surface area contributed by atoms with Gasteiger partial charge in [-0.05, 0) is 96.5 Å². The van der Waals surface area contributed by atoms with Crippen LogP contribution in [0.2, 0.25) is 0 Å². The summed E-state index contributed by atoms with van der Waals surface area (Å²) >= 11 is 0. The fourth-order valence-corrected chi connectivity index (χ4v) is 4.72. The van der Waals surface area contributed by atoms with Gasteiger partial charge in [0, 0.05) is 22.7 Å². The van der Waals surface area contributed by atoms with Crippen molar-refractivity contribution in [1.29, 1.82) is 0 Å². The van der Waals surface area contributed by atoms with Gasteiger partial charge in [-0.1, -0.05) is 105 Å². The fraction of sp³-hybridized carbons (Fsp3) is 0.250. The van der Waals surface area contributed by atoms with E-state index in [0.717, 1.165) is 39.9 Å². The maximum Gasteiger partial charge on any atom is 0.0688 e. The SMILES string of the molecule is C=CCc1cc(C)c(N=Cc2cc(-c3ccccc3)cc(-c3ccccc3)c2[O-])c(C)c1.CCN(CC)CC.[Ni]. The number of nitrogens with zero attached hydrogens (tertiary/aromatic N) is 2. The Morgan fingerprint density at radius 2 is 1.27 bits per heavy atom. The van der Waals surface area contributed by atoms with Gasteiger partial charge in [-0.2, -0.15) is 0 Å². The van der Waals surface area contributed by atoms with E-state index >= 15 is 0 Å². The van der Waals surface area contributed by atoms with E-state index < -0.39 is 0 Å². The largest absolute Gasteiger partial charge is 0.872 e. The summed E-state index contributed by atoms with van der Waals surface area (Å²) in [5.74, 6) is -0.0155. The molecule has 0 fully saturated rings. The van der Waals surface area contributed by atoms with E-state index in [1.54, 1.807) is 6.21 Å². The van der Waals surface area contributed by atoms with Gasteiger partial charge in [-0.15, -0.1) is 6.58 Å². The zero-order valence-electron chi connectivity index (χ0n) is 24.4. The molecule has 40 heavy (non-hydrogen) atoms.